The lowest BCUT2D eigenvalue weighted by atomic mass is 10.2. The minimum atomic E-state index is -0.347. The van der Waals surface area contributed by atoms with Gasteiger partial charge in [-0.15, -0.1) is 0 Å². The van der Waals surface area contributed by atoms with Gasteiger partial charge in [0.2, 0.25) is 5.91 Å². The van der Waals surface area contributed by atoms with Crippen LogP contribution in [0.5, 0.6) is 11.5 Å². The molecule has 0 atom stereocenters. The van der Waals surface area contributed by atoms with Crippen LogP contribution < -0.4 is 20.1 Å². The molecule has 0 aliphatic carbocycles. The van der Waals surface area contributed by atoms with Crippen LogP contribution in [0.3, 0.4) is 0 Å². The number of methoxy groups -OCH3 is 1. The Bertz CT molecular complexity index is 744. The summed E-state index contributed by atoms with van der Waals surface area (Å²) in [7, 11) is 1.53. The standard InChI is InChI=1S/C19H22N2O4/c1-13(2)25-17-10-5-4-9-16(17)21-18(22)12-20-19(23)14-7-6-8-15(11-14)24-3/h4-11,13H,12H2,1-3H3,(H,20,23)(H,21,22). The Kier molecular flexibility index (Phi) is 6.39. The fraction of sp³-hybridized carbons (Fsp3) is 0.263. The van der Waals surface area contributed by atoms with E-state index < -0.39 is 0 Å². The molecule has 25 heavy (non-hydrogen) atoms. The second kappa shape index (κ2) is 8.73. The molecule has 0 fully saturated rings. The van der Waals surface area contributed by atoms with Crippen molar-refractivity contribution >= 4 is 17.5 Å². The highest BCUT2D eigenvalue weighted by Crippen LogP contribution is 2.24. The van der Waals surface area contributed by atoms with Gasteiger partial charge >= 0.3 is 0 Å². The van der Waals surface area contributed by atoms with E-state index in [0.29, 0.717) is 22.7 Å². The maximum Gasteiger partial charge on any atom is 0.251 e. The van der Waals surface area contributed by atoms with Crippen LogP contribution in [0, 0.1) is 0 Å². The minimum Gasteiger partial charge on any atom is -0.497 e. The van der Waals surface area contributed by atoms with E-state index in [1.165, 1.54) is 7.11 Å². The van der Waals surface area contributed by atoms with Crippen LogP contribution >= 0.6 is 0 Å². The number of carbonyl (C=O) groups is 2. The van der Waals surface area contributed by atoms with Gasteiger partial charge in [0.25, 0.3) is 5.91 Å². The van der Waals surface area contributed by atoms with Crippen LogP contribution in [-0.2, 0) is 4.79 Å². The molecular formula is C19H22N2O4. The number of hydrogen-bond donors (Lipinski definition) is 2. The summed E-state index contributed by atoms with van der Waals surface area (Å²) in [5.74, 6) is 0.485. The van der Waals surface area contributed by atoms with Gasteiger partial charge < -0.3 is 20.1 Å². The first-order chi connectivity index (χ1) is 12.0. The highest BCUT2D eigenvalue weighted by molar-refractivity contribution is 6.00. The van der Waals surface area contributed by atoms with E-state index in [1.807, 2.05) is 19.9 Å². The number of carbonyl (C=O) groups excluding carboxylic acids is 2. The Hall–Kier alpha value is -3.02. The third-order valence-electron chi connectivity index (χ3n) is 3.27. The second-order valence-corrected chi connectivity index (χ2v) is 5.63. The zero-order valence-corrected chi connectivity index (χ0v) is 14.5. The summed E-state index contributed by atoms with van der Waals surface area (Å²) in [6.07, 6.45) is -0.00850. The fourth-order valence-corrected chi connectivity index (χ4v) is 2.15. The van der Waals surface area contributed by atoms with Gasteiger partial charge in [-0.2, -0.15) is 0 Å². The molecule has 2 aromatic carbocycles. The van der Waals surface area contributed by atoms with Gasteiger partial charge in [0, 0.05) is 5.56 Å². The van der Waals surface area contributed by atoms with Gasteiger partial charge in [0.15, 0.2) is 0 Å². The summed E-state index contributed by atoms with van der Waals surface area (Å²) in [5, 5.41) is 5.33. The highest BCUT2D eigenvalue weighted by atomic mass is 16.5. The van der Waals surface area contributed by atoms with Crippen LogP contribution in [0.15, 0.2) is 48.5 Å². The molecule has 2 rings (SSSR count). The van der Waals surface area contributed by atoms with Crippen molar-refractivity contribution in [2.45, 2.75) is 20.0 Å². The average molecular weight is 342 g/mol. The molecule has 0 aliphatic heterocycles. The van der Waals surface area contributed by atoms with Crippen LogP contribution in [0.25, 0.3) is 0 Å². The van der Waals surface area contributed by atoms with Crippen LogP contribution in [0.2, 0.25) is 0 Å². The first kappa shape index (κ1) is 18.3. The van der Waals surface area contributed by atoms with E-state index in [0.717, 1.165) is 0 Å². The molecule has 0 heterocycles. The van der Waals surface area contributed by atoms with Crippen molar-refractivity contribution < 1.29 is 19.1 Å². The molecule has 0 saturated heterocycles. The van der Waals surface area contributed by atoms with Crippen molar-refractivity contribution in [1.29, 1.82) is 0 Å². The Morgan fingerprint density at radius 3 is 2.56 bits per heavy atom. The van der Waals surface area contributed by atoms with Crippen LogP contribution in [0.1, 0.15) is 24.2 Å². The fourth-order valence-electron chi connectivity index (χ4n) is 2.15. The lowest BCUT2D eigenvalue weighted by molar-refractivity contribution is -0.115. The summed E-state index contributed by atoms with van der Waals surface area (Å²) < 4.78 is 10.7. The molecule has 0 bridgehead atoms. The van der Waals surface area contributed by atoms with E-state index in [9.17, 15) is 9.59 Å². The lowest BCUT2D eigenvalue weighted by Crippen LogP contribution is -2.33. The predicted molar refractivity (Wildman–Crippen MR) is 96.2 cm³/mol. The Balaban J connectivity index is 1.93. The zero-order valence-electron chi connectivity index (χ0n) is 14.5. The summed E-state index contributed by atoms with van der Waals surface area (Å²) in [6.45, 7) is 3.67. The zero-order chi connectivity index (χ0) is 18.2. The molecule has 0 unspecified atom stereocenters. The molecule has 2 aromatic rings. The second-order valence-electron chi connectivity index (χ2n) is 5.63. The van der Waals surface area contributed by atoms with Crippen molar-refractivity contribution in [3.63, 3.8) is 0 Å². The molecule has 6 nitrogen and oxygen atoms in total. The quantitative estimate of drug-likeness (QED) is 0.811. The monoisotopic (exact) mass is 342 g/mol. The number of hydrogen-bond acceptors (Lipinski definition) is 4. The molecule has 2 amide bonds. The molecule has 0 spiro atoms. The third-order valence-corrected chi connectivity index (χ3v) is 3.27. The maximum absolute atomic E-state index is 12.1. The average Bonchev–Trinajstić information content (AvgIpc) is 2.61. The maximum atomic E-state index is 12.1. The summed E-state index contributed by atoms with van der Waals surface area (Å²) in [5.41, 5.74) is 0.993. The minimum absolute atomic E-state index is 0.00850. The molecule has 0 saturated carbocycles. The van der Waals surface area contributed by atoms with Crippen molar-refractivity contribution in [3.8, 4) is 11.5 Å². The lowest BCUT2D eigenvalue weighted by Gasteiger charge is -2.15. The number of nitrogens with one attached hydrogen (secondary N) is 2. The van der Waals surface area contributed by atoms with Gasteiger partial charge in [-0.1, -0.05) is 18.2 Å². The van der Waals surface area contributed by atoms with Crippen molar-refractivity contribution in [2.75, 3.05) is 19.0 Å². The number of rotatable bonds is 7. The summed E-state index contributed by atoms with van der Waals surface area (Å²) in [6, 6.07) is 13.9. The molecule has 2 N–H and O–H groups in total. The largest absolute Gasteiger partial charge is 0.497 e. The molecule has 6 heteroatoms. The normalized spacial score (nSPS) is 10.2. The molecule has 0 aliphatic rings. The summed E-state index contributed by atoms with van der Waals surface area (Å²) >= 11 is 0. The molecular weight excluding hydrogens is 320 g/mol. The Morgan fingerprint density at radius 2 is 1.84 bits per heavy atom. The Labute approximate surface area is 147 Å². The van der Waals surface area contributed by atoms with Crippen LogP contribution in [-0.4, -0.2) is 31.6 Å². The van der Waals surface area contributed by atoms with E-state index in [1.54, 1.807) is 42.5 Å². The number of para-hydroxylation sites is 2. The number of anilines is 1. The van der Waals surface area contributed by atoms with E-state index in [-0.39, 0.29) is 24.5 Å². The predicted octanol–water partition coefficient (Wildman–Crippen LogP) is 2.85. The topological polar surface area (TPSA) is 76.7 Å². The number of ether oxygens (including phenoxy) is 2. The Morgan fingerprint density at radius 1 is 1.08 bits per heavy atom. The SMILES string of the molecule is COc1cccc(C(=O)NCC(=O)Nc2ccccc2OC(C)C)c1. The first-order valence-electron chi connectivity index (χ1n) is 7.97. The van der Waals surface area contributed by atoms with Gasteiger partial charge in [-0.05, 0) is 44.2 Å². The van der Waals surface area contributed by atoms with Crippen LogP contribution in [0.4, 0.5) is 5.69 Å². The van der Waals surface area contributed by atoms with E-state index >= 15 is 0 Å². The molecule has 132 valence electrons. The van der Waals surface area contributed by atoms with Gasteiger partial charge in [-0.3, -0.25) is 9.59 Å². The number of amides is 2. The van der Waals surface area contributed by atoms with Crippen molar-refractivity contribution in [2.24, 2.45) is 0 Å². The third kappa shape index (κ3) is 5.53. The van der Waals surface area contributed by atoms with Gasteiger partial charge in [0.05, 0.1) is 25.4 Å². The smallest absolute Gasteiger partial charge is 0.251 e. The van der Waals surface area contributed by atoms with E-state index in [4.69, 9.17) is 9.47 Å². The summed E-state index contributed by atoms with van der Waals surface area (Å²) in [4.78, 5) is 24.2. The van der Waals surface area contributed by atoms with E-state index in [2.05, 4.69) is 10.6 Å². The molecule has 0 aromatic heterocycles. The van der Waals surface area contributed by atoms with Crippen molar-refractivity contribution in [1.82, 2.24) is 5.32 Å². The van der Waals surface area contributed by atoms with Crippen molar-refractivity contribution in [3.05, 3.63) is 54.1 Å². The first-order valence-corrected chi connectivity index (χ1v) is 7.97. The van der Waals surface area contributed by atoms with Gasteiger partial charge in [0.1, 0.15) is 11.5 Å². The number of benzene rings is 2. The highest BCUT2D eigenvalue weighted by Gasteiger charge is 2.11. The van der Waals surface area contributed by atoms with Gasteiger partial charge in [-0.25, -0.2) is 0 Å². The molecule has 0 radical (unpaired) electrons.